The molecule has 1 fully saturated rings. The predicted octanol–water partition coefficient (Wildman–Crippen LogP) is 3.30. The fourth-order valence-corrected chi connectivity index (χ4v) is 3.80. The van der Waals surface area contributed by atoms with Crippen molar-refractivity contribution >= 4 is 34.6 Å². The van der Waals surface area contributed by atoms with Gasteiger partial charge in [0.2, 0.25) is 5.95 Å². The average molecular weight is 624 g/mol. The molecule has 13 nitrogen and oxygen atoms in total. The Morgan fingerprint density at radius 2 is 1.95 bits per heavy atom. The molecule has 4 rings (SSSR count). The van der Waals surface area contributed by atoms with Crippen molar-refractivity contribution in [1.82, 2.24) is 35.0 Å². The van der Waals surface area contributed by atoms with Gasteiger partial charge in [0.15, 0.2) is 5.82 Å². The van der Waals surface area contributed by atoms with E-state index in [9.17, 15) is 26.3 Å². The number of alkyl halides is 6. The number of aliphatic carboxylic acids is 1. The van der Waals surface area contributed by atoms with Gasteiger partial charge in [0.05, 0.1) is 25.9 Å². The number of hydrogen-bond acceptors (Lipinski definition) is 11. The van der Waals surface area contributed by atoms with Crippen molar-refractivity contribution in [3.05, 3.63) is 24.3 Å². The SMILES string of the molecule is CC(C)OCc1nn(CCOCC(F)(F)F)c2c(Nc3ccncn3)nc(N3CCN[C@H](C)C3)nc12.O=C(O)C(F)(F)F. The van der Waals surface area contributed by atoms with E-state index < -0.39 is 24.9 Å². The molecule has 0 amide bonds. The Hall–Kier alpha value is -3.84. The maximum absolute atomic E-state index is 12.6. The molecule has 3 aromatic heterocycles. The summed E-state index contributed by atoms with van der Waals surface area (Å²) in [5.74, 6) is -1.30. The number of rotatable bonds is 10. The smallest absolute Gasteiger partial charge is 0.475 e. The van der Waals surface area contributed by atoms with Crippen molar-refractivity contribution < 1.29 is 45.7 Å². The fraction of sp³-hybridized carbons (Fsp3) is 0.583. The van der Waals surface area contributed by atoms with Gasteiger partial charge >= 0.3 is 18.3 Å². The molecular weight excluding hydrogens is 592 g/mol. The van der Waals surface area contributed by atoms with Gasteiger partial charge < -0.3 is 30.1 Å². The molecule has 0 aliphatic carbocycles. The van der Waals surface area contributed by atoms with E-state index in [-0.39, 0.29) is 31.9 Å². The largest absolute Gasteiger partial charge is 0.490 e. The first kappa shape index (κ1) is 33.7. The highest BCUT2D eigenvalue weighted by atomic mass is 19.4. The van der Waals surface area contributed by atoms with E-state index in [0.29, 0.717) is 34.3 Å². The molecule has 0 unspecified atom stereocenters. The summed E-state index contributed by atoms with van der Waals surface area (Å²) in [6, 6.07) is 1.95. The van der Waals surface area contributed by atoms with E-state index in [4.69, 9.17) is 29.3 Å². The van der Waals surface area contributed by atoms with Gasteiger partial charge in [0.25, 0.3) is 0 Å². The van der Waals surface area contributed by atoms with Crippen molar-refractivity contribution in [2.24, 2.45) is 0 Å². The summed E-state index contributed by atoms with van der Waals surface area (Å²) in [4.78, 5) is 28.8. The van der Waals surface area contributed by atoms with Crippen LogP contribution in [0.5, 0.6) is 0 Å². The number of fused-ring (bicyclic) bond motifs is 1. The van der Waals surface area contributed by atoms with Crippen LogP contribution in [0.3, 0.4) is 0 Å². The Bertz CT molecular complexity index is 1340. The summed E-state index contributed by atoms with van der Waals surface area (Å²) < 4.78 is 81.6. The van der Waals surface area contributed by atoms with Gasteiger partial charge in [-0.3, -0.25) is 4.68 Å². The molecule has 0 spiro atoms. The minimum absolute atomic E-state index is 0.0470. The second kappa shape index (κ2) is 14.6. The summed E-state index contributed by atoms with van der Waals surface area (Å²) in [5.41, 5.74) is 1.64. The lowest BCUT2D eigenvalue weighted by Gasteiger charge is -2.32. The van der Waals surface area contributed by atoms with Crippen LogP contribution in [0.2, 0.25) is 0 Å². The zero-order valence-corrected chi connectivity index (χ0v) is 23.4. The van der Waals surface area contributed by atoms with Gasteiger partial charge in [-0.15, -0.1) is 0 Å². The molecule has 1 atom stereocenters. The molecule has 1 saturated heterocycles. The molecule has 1 aliphatic rings. The lowest BCUT2D eigenvalue weighted by atomic mass is 10.2. The van der Waals surface area contributed by atoms with E-state index in [1.54, 1.807) is 16.9 Å². The number of aromatic nitrogens is 6. The van der Waals surface area contributed by atoms with Crippen LogP contribution in [0.1, 0.15) is 26.5 Å². The Balaban J connectivity index is 0.000000646. The van der Waals surface area contributed by atoms with E-state index >= 15 is 0 Å². The zero-order chi connectivity index (χ0) is 31.8. The zero-order valence-electron chi connectivity index (χ0n) is 23.4. The Morgan fingerprint density at radius 3 is 2.53 bits per heavy atom. The molecule has 4 heterocycles. The lowest BCUT2D eigenvalue weighted by Crippen LogP contribution is -2.49. The highest BCUT2D eigenvalue weighted by Gasteiger charge is 2.38. The van der Waals surface area contributed by atoms with Crippen LogP contribution >= 0.6 is 0 Å². The molecule has 3 aromatic rings. The van der Waals surface area contributed by atoms with Crippen molar-refractivity contribution in [2.45, 2.75) is 58.4 Å². The maximum Gasteiger partial charge on any atom is 0.490 e. The van der Waals surface area contributed by atoms with Crippen LogP contribution in [-0.4, -0.2) is 98.1 Å². The number of carboxylic acid groups (broad SMARTS) is 1. The average Bonchev–Trinajstić information content (AvgIpc) is 3.27. The molecule has 0 saturated carbocycles. The lowest BCUT2D eigenvalue weighted by molar-refractivity contribution is -0.192. The second-order valence-electron chi connectivity index (χ2n) is 9.59. The van der Waals surface area contributed by atoms with Crippen molar-refractivity contribution in [1.29, 1.82) is 0 Å². The van der Waals surface area contributed by atoms with Crippen LogP contribution in [0.15, 0.2) is 18.6 Å². The summed E-state index contributed by atoms with van der Waals surface area (Å²) in [7, 11) is 0. The third kappa shape index (κ3) is 10.4. The van der Waals surface area contributed by atoms with E-state index in [0.717, 1.165) is 19.6 Å². The monoisotopic (exact) mass is 623 g/mol. The van der Waals surface area contributed by atoms with E-state index in [1.165, 1.54) is 6.33 Å². The van der Waals surface area contributed by atoms with Crippen LogP contribution < -0.4 is 15.5 Å². The minimum atomic E-state index is -5.08. The molecule has 3 N–H and O–H groups in total. The van der Waals surface area contributed by atoms with Crippen LogP contribution in [0.25, 0.3) is 11.0 Å². The van der Waals surface area contributed by atoms with Crippen molar-refractivity contribution in [3.8, 4) is 0 Å². The summed E-state index contributed by atoms with van der Waals surface area (Å²) in [6.07, 6.45) is -6.53. The number of piperazine rings is 1. The van der Waals surface area contributed by atoms with Gasteiger partial charge in [-0.05, 0) is 26.8 Å². The first-order valence-electron chi connectivity index (χ1n) is 13.0. The number of carboxylic acids is 1. The number of nitrogens with one attached hydrogen (secondary N) is 2. The van der Waals surface area contributed by atoms with Gasteiger partial charge in [0, 0.05) is 31.9 Å². The Kier molecular flexibility index (Phi) is 11.4. The number of ether oxygens (including phenoxy) is 2. The minimum Gasteiger partial charge on any atom is -0.475 e. The Labute approximate surface area is 241 Å². The molecule has 0 aromatic carbocycles. The van der Waals surface area contributed by atoms with Crippen LogP contribution in [-0.2, 0) is 27.4 Å². The van der Waals surface area contributed by atoms with E-state index in [1.807, 2.05) is 13.8 Å². The molecule has 238 valence electrons. The summed E-state index contributed by atoms with van der Waals surface area (Å²) >= 11 is 0. The van der Waals surface area contributed by atoms with Crippen LogP contribution in [0, 0.1) is 0 Å². The Morgan fingerprint density at radius 1 is 1.23 bits per heavy atom. The topological polar surface area (TPSA) is 152 Å². The normalized spacial score (nSPS) is 15.9. The van der Waals surface area contributed by atoms with Gasteiger partial charge in [-0.1, -0.05) is 0 Å². The maximum atomic E-state index is 12.6. The molecule has 1 aliphatic heterocycles. The fourth-order valence-electron chi connectivity index (χ4n) is 3.80. The number of carbonyl (C=O) groups is 1. The number of nitrogens with zero attached hydrogens (tertiary/aromatic N) is 7. The predicted molar refractivity (Wildman–Crippen MR) is 141 cm³/mol. The first-order valence-corrected chi connectivity index (χ1v) is 13.0. The van der Waals surface area contributed by atoms with Gasteiger partial charge in [-0.2, -0.15) is 36.4 Å². The number of anilines is 3. The third-order valence-electron chi connectivity index (χ3n) is 5.63. The summed E-state index contributed by atoms with van der Waals surface area (Å²) in [6.45, 7) is 6.88. The van der Waals surface area contributed by atoms with Gasteiger partial charge in [-0.25, -0.2) is 19.7 Å². The van der Waals surface area contributed by atoms with Crippen molar-refractivity contribution in [2.75, 3.05) is 43.1 Å². The highest BCUT2D eigenvalue weighted by Crippen LogP contribution is 2.29. The molecule has 0 bridgehead atoms. The quantitative estimate of drug-likeness (QED) is 0.224. The standard InChI is InChI=1S/C22H30F3N9O2.C2HF3O2/c1-14(2)36-11-16-18-19(34(32-16)8-9-35-12-22(23,24)25)20(29-17-4-5-26-13-28-17)31-21(30-18)33-7-6-27-15(3)10-33;3-2(4,5)1(6)7/h4-5,13-15,27H,6-12H2,1-3H3,(H,26,28,29,30,31);(H,6,7)/t15-;/m1./s1. The van der Waals surface area contributed by atoms with Crippen LogP contribution in [0.4, 0.5) is 43.9 Å². The number of halogens is 6. The molecular formula is C24H31F6N9O4. The third-order valence-corrected chi connectivity index (χ3v) is 5.63. The first-order chi connectivity index (χ1) is 20.1. The molecule has 19 heteroatoms. The van der Waals surface area contributed by atoms with Gasteiger partial charge in [0.1, 0.15) is 35.5 Å². The highest BCUT2D eigenvalue weighted by molar-refractivity contribution is 5.90. The van der Waals surface area contributed by atoms with E-state index in [2.05, 4.69) is 37.5 Å². The summed E-state index contributed by atoms with van der Waals surface area (Å²) in [5, 5.41) is 18.4. The molecule has 0 radical (unpaired) electrons. The second-order valence-corrected chi connectivity index (χ2v) is 9.59. The number of hydrogen-bond donors (Lipinski definition) is 3. The molecule has 43 heavy (non-hydrogen) atoms. The van der Waals surface area contributed by atoms with Crippen molar-refractivity contribution in [3.63, 3.8) is 0 Å².